The summed E-state index contributed by atoms with van der Waals surface area (Å²) < 4.78 is 0. The van der Waals surface area contributed by atoms with Gasteiger partial charge in [0.25, 0.3) is 0 Å². The van der Waals surface area contributed by atoms with E-state index >= 15 is 0 Å². The van der Waals surface area contributed by atoms with Crippen LogP contribution in [0.3, 0.4) is 0 Å². The number of aromatic nitrogens is 1. The number of carbonyl (C=O) groups is 1. The van der Waals surface area contributed by atoms with E-state index in [4.69, 9.17) is 0 Å². The Kier molecular flexibility index (Phi) is 4.27. The van der Waals surface area contributed by atoms with Crippen molar-refractivity contribution < 1.29 is 9.90 Å². The van der Waals surface area contributed by atoms with E-state index in [9.17, 15) is 9.90 Å². The van der Waals surface area contributed by atoms with Crippen molar-refractivity contribution in [2.75, 3.05) is 6.54 Å². The summed E-state index contributed by atoms with van der Waals surface area (Å²) >= 11 is 1.69. The Bertz CT molecular complexity index is 683. The second-order valence-electron chi connectivity index (χ2n) is 5.87. The molecule has 3 rings (SSSR count). The quantitative estimate of drug-likeness (QED) is 0.939. The maximum atomic E-state index is 11.6. The normalized spacial score (nSPS) is 20.2. The van der Waals surface area contributed by atoms with Crippen LogP contribution in [-0.4, -0.2) is 33.5 Å². The Morgan fingerprint density at radius 1 is 1.50 bits per heavy atom. The van der Waals surface area contributed by atoms with Gasteiger partial charge in [-0.25, -0.2) is 0 Å². The number of rotatable bonds is 4. The number of thiophene rings is 1. The van der Waals surface area contributed by atoms with Crippen molar-refractivity contribution in [2.45, 2.75) is 38.8 Å². The van der Waals surface area contributed by atoms with Crippen LogP contribution in [0.15, 0.2) is 29.8 Å². The molecule has 5 heteroatoms. The Hall–Kier alpha value is -1.72. The van der Waals surface area contributed by atoms with E-state index in [1.807, 2.05) is 19.1 Å². The predicted molar refractivity (Wildman–Crippen MR) is 87.2 cm³/mol. The molecule has 0 amide bonds. The molecule has 3 heterocycles. The zero-order valence-corrected chi connectivity index (χ0v) is 13.6. The highest BCUT2D eigenvalue weighted by molar-refractivity contribution is 7.10. The van der Waals surface area contributed by atoms with E-state index in [-0.39, 0.29) is 6.04 Å². The lowest BCUT2D eigenvalue weighted by molar-refractivity contribution is -0.142. The summed E-state index contributed by atoms with van der Waals surface area (Å²) in [7, 11) is 0. The first kappa shape index (κ1) is 15.2. The van der Waals surface area contributed by atoms with Crippen LogP contribution in [0.4, 0.5) is 0 Å². The smallest absolute Gasteiger partial charge is 0.320 e. The van der Waals surface area contributed by atoms with Crippen molar-refractivity contribution >= 4 is 17.3 Å². The molecule has 0 bridgehead atoms. The van der Waals surface area contributed by atoms with E-state index in [0.717, 1.165) is 24.2 Å². The number of hydrogen-bond acceptors (Lipinski definition) is 4. The number of aryl methyl sites for hydroxylation is 2. The maximum absolute atomic E-state index is 11.6. The average Bonchev–Trinajstić information content (AvgIpc) is 3.11. The van der Waals surface area contributed by atoms with Crippen LogP contribution >= 0.6 is 11.3 Å². The highest BCUT2D eigenvalue weighted by atomic mass is 32.1. The van der Waals surface area contributed by atoms with Gasteiger partial charge in [-0.05, 0) is 55.3 Å². The summed E-state index contributed by atoms with van der Waals surface area (Å²) in [5, 5.41) is 11.7. The summed E-state index contributed by atoms with van der Waals surface area (Å²) in [6, 6.07) is 5.63. The first-order chi connectivity index (χ1) is 10.6. The summed E-state index contributed by atoms with van der Waals surface area (Å²) in [5.41, 5.74) is 3.29. The first-order valence-corrected chi connectivity index (χ1v) is 8.41. The highest BCUT2D eigenvalue weighted by Gasteiger charge is 2.38. The highest BCUT2D eigenvalue weighted by Crippen LogP contribution is 2.37. The molecule has 0 saturated carbocycles. The molecule has 2 aromatic rings. The largest absolute Gasteiger partial charge is 0.480 e. The van der Waals surface area contributed by atoms with E-state index in [0.29, 0.717) is 6.42 Å². The number of nitrogens with zero attached hydrogens (tertiary/aromatic N) is 2. The molecule has 1 aliphatic heterocycles. The lowest BCUT2D eigenvalue weighted by Gasteiger charge is -2.31. The molecule has 1 aliphatic rings. The third-order valence-electron chi connectivity index (χ3n) is 4.24. The predicted octanol–water partition coefficient (Wildman–Crippen LogP) is 3.40. The molecule has 0 aliphatic carbocycles. The molecular formula is C17H20N2O2S. The second-order valence-corrected chi connectivity index (χ2v) is 6.81. The minimum atomic E-state index is -0.732. The number of aliphatic carboxylic acids is 1. The van der Waals surface area contributed by atoms with Gasteiger partial charge in [-0.3, -0.25) is 14.7 Å². The van der Waals surface area contributed by atoms with Crippen molar-refractivity contribution in [2.24, 2.45) is 0 Å². The van der Waals surface area contributed by atoms with Gasteiger partial charge in [-0.15, -0.1) is 11.3 Å². The van der Waals surface area contributed by atoms with Crippen molar-refractivity contribution in [3.63, 3.8) is 0 Å². The van der Waals surface area contributed by atoms with Crippen LogP contribution in [0, 0.1) is 13.8 Å². The third kappa shape index (κ3) is 2.78. The minimum absolute atomic E-state index is 0.0662. The number of carboxylic acid groups (broad SMARTS) is 1. The van der Waals surface area contributed by atoms with Crippen molar-refractivity contribution in [3.05, 3.63) is 51.5 Å². The van der Waals surface area contributed by atoms with E-state index in [1.54, 1.807) is 17.5 Å². The Morgan fingerprint density at radius 3 is 2.95 bits per heavy atom. The number of hydrogen-bond donors (Lipinski definition) is 1. The van der Waals surface area contributed by atoms with Gasteiger partial charge in [0, 0.05) is 17.6 Å². The van der Waals surface area contributed by atoms with Gasteiger partial charge in [0.1, 0.15) is 6.04 Å². The van der Waals surface area contributed by atoms with Gasteiger partial charge in [0.05, 0.1) is 11.7 Å². The zero-order valence-electron chi connectivity index (χ0n) is 12.8. The van der Waals surface area contributed by atoms with E-state index in [2.05, 4.69) is 28.3 Å². The van der Waals surface area contributed by atoms with Gasteiger partial charge >= 0.3 is 5.97 Å². The standard InChI is InChI=1S/C17H20N2O2S/c1-11-9-14(22-10-11)16(15-12(2)5-3-7-18-15)19-8-4-6-13(19)17(20)21/h3,5,7,9-10,13,16H,4,6,8H2,1-2H3,(H,20,21). The Morgan fingerprint density at radius 2 is 2.32 bits per heavy atom. The van der Waals surface area contributed by atoms with Crippen LogP contribution in [0.2, 0.25) is 0 Å². The van der Waals surface area contributed by atoms with Crippen LogP contribution in [-0.2, 0) is 4.79 Å². The molecule has 4 nitrogen and oxygen atoms in total. The molecule has 2 aromatic heterocycles. The molecule has 116 valence electrons. The van der Waals surface area contributed by atoms with Gasteiger partial charge in [0.15, 0.2) is 0 Å². The molecule has 1 fully saturated rings. The second kappa shape index (κ2) is 6.18. The van der Waals surface area contributed by atoms with Gasteiger partial charge < -0.3 is 5.11 Å². The minimum Gasteiger partial charge on any atom is -0.480 e. The van der Waals surface area contributed by atoms with Crippen LogP contribution in [0.25, 0.3) is 0 Å². The first-order valence-electron chi connectivity index (χ1n) is 7.53. The van der Waals surface area contributed by atoms with Crippen molar-refractivity contribution in [1.29, 1.82) is 0 Å². The molecule has 1 saturated heterocycles. The van der Waals surface area contributed by atoms with Gasteiger partial charge in [0.2, 0.25) is 0 Å². The van der Waals surface area contributed by atoms with Crippen LogP contribution < -0.4 is 0 Å². The fourth-order valence-corrected chi connectivity index (χ4v) is 4.22. The zero-order chi connectivity index (χ0) is 15.7. The van der Waals surface area contributed by atoms with E-state index in [1.165, 1.54) is 10.4 Å². The van der Waals surface area contributed by atoms with Crippen LogP contribution in [0.1, 0.15) is 40.6 Å². The van der Waals surface area contributed by atoms with Gasteiger partial charge in [-0.1, -0.05) is 6.07 Å². The number of carboxylic acids is 1. The molecular weight excluding hydrogens is 296 g/mol. The maximum Gasteiger partial charge on any atom is 0.320 e. The molecule has 0 spiro atoms. The summed E-state index contributed by atoms with van der Waals surface area (Å²) in [6.45, 7) is 4.91. The summed E-state index contributed by atoms with van der Waals surface area (Å²) in [5.74, 6) is -0.732. The van der Waals surface area contributed by atoms with Crippen molar-refractivity contribution in [1.82, 2.24) is 9.88 Å². The van der Waals surface area contributed by atoms with Gasteiger partial charge in [-0.2, -0.15) is 0 Å². The number of likely N-dealkylation sites (tertiary alicyclic amines) is 1. The van der Waals surface area contributed by atoms with Crippen molar-refractivity contribution in [3.8, 4) is 0 Å². The summed E-state index contributed by atoms with van der Waals surface area (Å²) in [6.07, 6.45) is 3.42. The molecule has 2 unspecified atom stereocenters. The fraction of sp³-hybridized carbons (Fsp3) is 0.412. The molecule has 2 atom stereocenters. The molecule has 0 radical (unpaired) electrons. The lowest BCUT2D eigenvalue weighted by Crippen LogP contribution is -2.39. The lowest BCUT2D eigenvalue weighted by atomic mass is 10.0. The number of pyridine rings is 1. The monoisotopic (exact) mass is 316 g/mol. The Labute approximate surface area is 134 Å². The van der Waals surface area contributed by atoms with Crippen LogP contribution in [0.5, 0.6) is 0 Å². The molecule has 0 aromatic carbocycles. The topological polar surface area (TPSA) is 53.4 Å². The SMILES string of the molecule is Cc1csc(C(c2ncccc2C)N2CCCC2C(=O)O)c1. The summed E-state index contributed by atoms with van der Waals surface area (Å²) in [4.78, 5) is 19.5. The van der Waals surface area contributed by atoms with E-state index < -0.39 is 12.0 Å². The molecule has 22 heavy (non-hydrogen) atoms. The fourth-order valence-electron chi connectivity index (χ4n) is 3.20. The third-order valence-corrected chi connectivity index (χ3v) is 5.34. The molecule has 1 N–H and O–H groups in total. The average molecular weight is 316 g/mol. The Balaban J connectivity index is 2.07.